The molecule has 2 saturated heterocycles. The van der Waals surface area contributed by atoms with Crippen LogP contribution in [0.2, 0.25) is 0 Å². The summed E-state index contributed by atoms with van der Waals surface area (Å²) in [5, 5.41) is 10.5. The van der Waals surface area contributed by atoms with E-state index < -0.39 is 0 Å². The molecule has 4 heterocycles. The number of hydrogen-bond acceptors (Lipinski definition) is 7. The van der Waals surface area contributed by atoms with E-state index in [-0.39, 0.29) is 36.4 Å². The van der Waals surface area contributed by atoms with Crippen molar-refractivity contribution < 1.29 is 14.2 Å². The minimum atomic E-state index is -0.220. The fourth-order valence-electron chi connectivity index (χ4n) is 4.56. The average Bonchev–Trinajstić information content (AvgIpc) is 3.39. The fraction of sp³-hybridized carbons (Fsp3) is 0.632. The van der Waals surface area contributed by atoms with Crippen LogP contribution in [0.15, 0.2) is 17.0 Å². The number of piperazine rings is 1. The molecule has 0 saturated carbocycles. The zero-order chi connectivity index (χ0) is 20.5. The molecule has 0 unspecified atom stereocenters. The summed E-state index contributed by atoms with van der Waals surface area (Å²) in [6.45, 7) is 5.85. The maximum Gasteiger partial charge on any atom is 0.237 e. The molecule has 2 aromatic heterocycles. The molecule has 0 spiro atoms. The Bertz CT molecular complexity index is 892. The summed E-state index contributed by atoms with van der Waals surface area (Å²) in [5.74, 6) is 0.760. The van der Waals surface area contributed by atoms with Gasteiger partial charge in [0.15, 0.2) is 0 Å². The van der Waals surface area contributed by atoms with Gasteiger partial charge in [0.1, 0.15) is 17.2 Å². The average molecular weight is 401 g/mol. The Morgan fingerprint density at radius 2 is 2.21 bits per heavy atom. The van der Waals surface area contributed by atoms with Crippen LogP contribution in [0.25, 0.3) is 0 Å². The number of carbonyl (C=O) groups is 2. The summed E-state index contributed by atoms with van der Waals surface area (Å²) in [4.78, 5) is 34.3. The van der Waals surface area contributed by atoms with Crippen LogP contribution in [0.5, 0.6) is 0 Å². The standard InChI is InChI=1S/C19H27N7O3/c1-4-16-14(19(28)21-8-15-12(2)22-29-23-15)7-13-9-25(11-18(27)26(13)16)10-17-20-5-6-24(17)3/h5-6,13-14,16H,4,7-11H2,1-3H3,(H,21,28)/t13-,14-,16-/m1/s1. The van der Waals surface area contributed by atoms with Crippen LogP contribution < -0.4 is 5.32 Å². The van der Waals surface area contributed by atoms with Crippen LogP contribution in [0.1, 0.15) is 37.0 Å². The van der Waals surface area contributed by atoms with Crippen LogP contribution >= 0.6 is 0 Å². The number of amides is 2. The van der Waals surface area contributed by atoms with Gasteiger partial charge in [-0.2, -0.15) is 0 Å². The first kappa shape index (κ1) is 19.6. The molecule has 29 heavy (non-hydrogen) atoms. The molecule has 0 aromatic carbocycles. The summed E-state index contributed by atoms with van der Waals surface area (Å²) < 4.78 is 6.65. The van der Waals surface area contributed by atoms with E-state index in [1.165, 1.54) is 0 Å². The van der Waals surface area contributed by atoms with Gasteiger partial charge in [-0.25, -0.2) is 9.61 Å². The Hall–Kier alpha value is -2.75. The van der Waals surface area contributed by atoms with Gasteiger partial charge in [-0.1, -0.05) is 17.2 Å². The third-order valence-electron chi connectivity index (χ3n) is 6.07. The molecular weight excluding hydrogens is 374 g/mol. The number of nitrogens with one attached hydrogen (secondary N) is 1. The van der Waals surface area contributed by atoms with E-state index in [1.807, 2.05) is 29.6 Å². The fourth-order valence-corrected chi connectivity index (χ4v) is 4.56. The summed E-state index contributed by atoms with van der Waals surface area (Å²) in [5.41, 5.74) is 1.29. The van der Waals surface area contributed by atoms with E-state index in [4.69, 9.17) is 0 Å². The number of nitrogens with zero attached hydrogens (tertiary/aromatic N) is 6. The molecule has 156 valence electrons. The van der Waals surface area contributed by atoms with Gasteiger partial charge in [-0.05, 0) is 19.8 Å². The van der Waals surface area contributed by atoms with E-state index in [1.54, 1.807) is 13.1 Å². The van der Waals surface area contributed by atoms with Gasteiger partial charge in [-0.3, -0.25) is 14.5 Å². The second-order valence-corrected chi connectivity index (χ2v) is 7.91. The Morgan fingerprint density at radius 1 is 1.38 bits per heavy atom. The summed E-state index contributed by atoms with van der Waals surface area (Å²) in [7, 11) is 1.95. The molecular formula is C19H27N7O3. The molecule has 0 bridgehead atoms. The van der Waals surface area contributed by atoms with Crippen LogP contribution in [0.4, 0.5) is 0 Å². The lowest BCUT2D eigenvalue weighted by Gasteiger charge is -2.39. The van der Waals surface area contributed by atoms with Gasteiger partial charge in [0.05, 0.1) is 25.6 Å². The molecule has 2 amide bonds. The van der Waals surface area contributed by atoms with E-state index in [2.05, 4.69) is 30.1 Å². The zero-order valence-electron chi connectivity index (χ0n) is 17.0. The van der Waals surface area contributed by atoms with Crippen LogP contribution in [0.3, 0.4) is 0 Å². The summed E-state index contributed by atoms with van der Waals surface area (Å²) in [6.07, 6.45) is 5.10. The maximum atomic E-state index is 12.9. The van der Waals surface area contributed by atoms with E-state index in [0.717, 1.165) is 18.8 Å². The molecule has 1 N–H and O–H groups in total. The predicted molar refractivity (Wildman–Crippen MR) is 102 cm³/mol. The van der Waals surface area contributed by atoms with E-state index in [9.17, 15) is 9.59 Å². The Balaban J connectivity index is 1.42. The van der Waals surface area contributed by atoms with Gasteiger partial charge in [0.25, 0.3) is 0 Å². The third-order valence-corrected chi connectivity index (χ3v) is 6.07. The highest BCUT2D eigenvalue weighted by atomic mass is 16.6. The third kappa shape index (κ3) is 3.76. The Morgan fingerprint density at radius 3 is 2.86 bits per heavy atom. The molecule has 2 fully saturated rings. The van der Waals surface area contributed by atoms with Gasteiger partial charge in [0, 0.05) is 38.1 Å². The summed E-state index contributed by atoms with van der Waals surface area (Å²) >= 11 is 0. The quantitative estimate of drug-likeness (QED) is 0.738. The minimum absolute atomic E-state index is 0.0444. The van der Waals surface area contributed by atoms with Gasteiger partial charge in [-0.15, -0.1) is 0 Å². The molecule has 2 aliphatic rings. The number of aromatic nitrogens is 4. The first-order valence-corrected chi connectivity index (χ1v) is 10.0. The number of carbonyl (C=O) groups excluding carboxylic acids is 2. The topological polar surface area (TPSA) is 109 Å². The van der Waals surface area contributed by atoms with Crippen LogP contribution in [-0.4, -0.2) is 66.7 Å². The summed E-state index contributed by atoms with van der Waals surface area (Å²) in [6, 6.07) is -0.0213. The SMILES string of the molecule is CC[C@@H]1[C@H](C(=O)NCc2nonc2C)C[C@@H]2CN(Cc3nccn3C)CC(=O)N21. The molecule has 2 aromatic rings. The molecule has 4 rings (SSSR count). The van der Waals surface area contributed by atoms with Gasteiger partial charge >= 0.3 is 0 Å². The second kappa shape index (κ2) is 7.94. The number of hydrogen-bond donors (Lipinski definition) is 1. The molecule has 10 heteroatoms. The lowest BCUT2D eigenvalue weighted by molar-refractivity contribution is -0.141. The molecule has 2 aliphatic heterocycles. The smallest absolute Gasteiger partial charge is 0.237 e. The van der Waals surface area contributed by atoms with Crippen molar-refractivity contribution in [3.63, 3.8) is 0 Å². The number of fused-ring (bicyclic) bond motifs is 1. The lowest BCUT2D eigenvalue weighted by Crippen LogP contribution is -2.56. The van der Waals surface area contributed by atoms with Crippen molar-refractivity contribution in [2.45, 2.75) is 51.9 Å². The van der Waals surface area contributed by atoms with Crippen molar-refractivity contribution in [3.8, 4) is 0 Å². The minimum Gasteiger partial charge on any atom is -0.350 e. The monoisotopic (exact) mass is 401 g/mol. The van der Waals surface area contributed by atoms with Crippen molar-refractivity contribution >= 4 is 11.8 Å². The number of rotatable bonds is 6. The maximum absolute atomic E-state index is 12.9. The van der Waals surface area contributed by atoms with Crippen LogP contribution in [-0.2, 0) is 29.7 Å². The van der Waals surface area contributed by atoms with Crippen molar-refractivity contribution in [3.05, 3.63) is 29.6 Å². The van der Waals surface area contributed by atoms with E-state index >= 15 is 0 Å². The molecule has 10 nitrogen and oxygen atoms in total. The first-order valence-electron chi connectivity index (χ1n) is 10.0. The largest absolute Gasteiger partial charge is 0.350 e. The zero-order valence-corrected chi connectivity index (χ0v) is 17.0. The highest BCUT2D eigenvalue weighted by Gasteiger charge is 2.48. The lowest BCUT2D eigenvalue weighted by atomic mass is 9.96. The highest BCUT2D eigenvalue weighted by molar-refractivity contribution is 5.84. The Labute approximate surface area is 169 Å². The van der Waals surface area contributed by atoms with Crippen LogP contribution in [0, 0.1) is 12.8 Å². The first-order chi connectivity index (χ1) is 14.0. The molecule has 0 radical (unpaired) electrons. The normalized spacial score (nSPS) is 24.7. The second-order valence-electron chi connectivity index (χ2n) is 7.91. The highest BCUT2D eigenvalue weighted by Crippen LogP contribution is 2.35. The predicted octanol–water partition coefficient (Wildman–Crippen LogP) is 0.239. The molecule has 3 atom stereocenters. The van der Waals surface area contributed by atoms with Crippen molar-refractivity contribution in [2.24, 2.45) is 13.0 Å². The van der Waals surface area contributed by atoms with Crippen molar-refractivity contribution in [1.29, 1.82) is 0 Å². The van der Waals surface area contributed by atoms with Gasteiger partial charge in [0.2, 0.25) is 11.8 Å². The number of aryl methyl sites for hydroxylation is 2. The van der Waals surface area contributed by atoms with E-state index in [0.29, 0.717) is 30.9 Å². The van der Waals surface area contributed by atoms with Crippen molar-refractivity contribution in [2.75, 3.05) is 13.1 Å². The Kier molecular flexibility index (Phi) is 5.35. The van der Waals surface area contributed by atoms with Crippen molar-refractivity contribution in [1.82, 2.24) is 35.0 Å². The molecule has 0 aliphatic carbocycles. The van der Waals surface area contributed by atoms with Gasteiger partial charge < -0.3 is 14.8 Å². The number of imidazole rings is 1.